The van der Waals surface area contributed by atoms with E-state index in [9.17, 15) is 0 Å². The first-order valence-corrected chi connectivity index (χ1v) is 6.88. The minimum Gasteiger partial charge on any atom is -1.00 e. The molecule has 1 N–H and O–H groups in total. The Hall–Kier alpha value is -1.71. The maximum atomic E-state index is 5.70. The summed E-state index contributed by atoms with van der Waals surface area (Å²) in [5, 5.41) is 3.43. The molecule has 2 aromatic rings. The highest BCUT2D eigenvalue weighted by molar-refractivity contribution is 5.46. The molecule has 0 aliphatic rings. The molecule has 0 radical (unpaired) electrons. The second-order valence-electron chi connectivity index (χ2n) is 4.47. The lowest BCUT2D eigenvalue weighted by Crippen LogP contribution is -3.00. The van der Waals surface area contributed by atoms with E-state index in [4.69, 9.17) is 9.47 Å². The highest BCUT2D eigenvalue weighted by atomic mass is 35.5. The molecule has 2 rings (SSSR count). The summed E-state index contributed by atoms with van der Waals surface area (Å²) in [6, 6.07) is 16.3. The summed E-state index contributed by atoms with van der Waals surface area (Å²) in [4.78, 5) is 0. The van der Waals surface area contributed by atoms with E-state index in [1.54, 1.807) is 7.11 Å². The molecule has 0 amide bonds. The number of rotatable bonds is 7. The van der Waals surface area contributed by atoms with Crippen LogP contribution in [0.3, 0.4) is 0 Å². The summed E-state index contributed by atoms with van der Waals surface area (Å²) >= 11 is 0. The Morgan fingerprint density at radius 1 is 0.952 bits per heavy atom. The third-order valence-electron chi connectivity index (χ3n) is 3.06. The molecule has 4 heteroatoms. The molecular formula is C17H21ClNO2-. The van der Waals surface area contributed by atoms with Gasteiger partial charge in [0.1, 0.15) is 0 Å². The predicted molar refractivity (Wildman–Crippen MR) is 81.1 cm³/mol. The molecule has 114 valence electrons. The minimum atomic E-state index is 0. The van der Waals surface area contributed by atoms with Crippen LogP contribution in [-0.2, 0) is 13.1 Å². The Morgan fingerprint density at radius 2 is 1.71 bits per heavy atom. The van der Waals surface area contributed by atoms with Gasteiger partial charge in [0.15, 0.2) is 11.5 Å². The van der Waals surface area contributed by atoms with Gasteiger partial charge in [-0.15, -0.1) is 0 Å². The summed E-state index contributed by atoms with van der Waals surface area (Å²) in [7, 11) is 1.67. The van der Waals surface area contributed by atoms with Crippen molar-refractivity contribution in [2.75, 3.05) is 13.7 Å². The minimum absolute atomic E-state index is 0. The molecule has 0 unspecified atom stereocenters. The van der Waals surface area contributed by atoms with Gasteiger partial charge in [-0.25, -0.2) is 0 Å². The van der Waals surface area contributed by atoms with Crippen LogP contribution < -0.4 is 27.2 Å². The number of nitrogens with one attached hydrogen (secondary N) is 1. The van der Waals surface area contributed by atoms with Crippen LogP contribution in [0.25, 0.3) is 0 Å². The van der Waals surface area contributed by atoms with Crippen LogP contribution in [-0.4, -0.2) is 13.7 Å². The van der Waals surface area contributed by atoms with Gasteiger partial charge in [0.05, 0.1) is 13.7 Å². The fourth-order valence-electron chi connectivity index (χ4n) is 2.11. The second kappa shape index (κ2) is 9.27. The lowest BCUT2D eigenvalue weighted by Gasteiger charge is -2.14. The quantitative estimate of drug-likeness (QED) is 0.803. The molecule has 2 aromatic carbocycles. The first kappa shape index (κ1) is 17.3. The third kappa shape index (κ3) is 4.96. The lowest BCUT2D eigenvalue weighted by atomic mass is 10.1. The van der Waals surface area contributed by atoms with Crippen molar-refractivity contribution < 1.29 is 21.9 Å². The van der Waals surface area contributed by atoms with E-state index in [0.29, 0.717) is 6.61 Å². The van der Waals surface area contributed by atoms with E-state index in [1.165, 1.54) is 5.56 Å². The Bertz CT molecular complexity index is 532. The number of hydrogen-bond donors (Lipinski definition) is 1. The summed E-state index contributed by atoms with van der Waals surface area (Å²) in [5.41, 5.74) is 2.38. The maximum Gasteiger partial charge on any atom is 0.165 e. The van der Waals surface area contributed by atoms with Crippen molar-refractivity contribution in [1.82, 2.24) is 5.32 Å². The first-order valence-electron chi connectivity index (χ1n) is 6.88. The fourth-order valence-corrected chi connectivity index (χ4v) is 2.11. The number of ether oxygens (including phenoxy) is 2. The topological polar surface area (TPSA) is 30.5 Å². The Kier molecular flexibility index (Phi) is 7.65. The van der Waals surface area contributed by atoms with Gasteiger partial charge in [-0.05, 0) is 18.6 Å². The molecule has 21 heavy (non-hydrogen) atoms. The zero-order chi connectivity index (χ0) is 14.2. The smallest absolute Gasteiger partial charge is 0.165 e. The number of benzene rings is 2. The van der Waals surface area contributed by atoms with Gasteiger partial charge < -0.3 is 27.2 Å². The average molecular weight is 307 g/mol. The van der Waals surface area contributed by atoms with Gasteiger partial charge in [0.25, 0.3) is 0 Å². The van der Waals surface area contributed by atoms with Crippen LogP contribution in [0.1, 0.15) is 18.1 Å². The van der Waals surface area contributed by atoms with Crippen LogP contribution in [0.4, 0.5) is 0 Å². The van der Waals surface area contributed by atoms with Crippen molar-refractivity contribution >= 4 is 0 Å². The molecule has 0 saturated heterocycles. The van der Waals surface area contributed by atoms with E-state index in [-0.39, 0.29) is 12.4 Å². The molecule has 0 heterocycles. The van der Waals surface area contributed by atoms with Crippen LogP contribution in [0, 0.1) is 0 Å². The van der Waals surface area contributed by atoms with Crippen molar-refractivity contribution in [2.45, 2.75) is 20.0 Å². The van der Waals surface area contributed by atoms with Gasteiger partial charge in [-0.1, -0.05) is 42.5 Å². The summed E-state index contributed by atoms with van der Waals surface area (Å²) in [5.74, 6) is 1.61. The number of halogens is 1. The summed E-state index contributed by atoms with van der Waals surface area (Å²) < 4.78 is 11.0. The lowest BCUT2D eigenvalue weighted by molar-refractivity contribution is -0.00000483. The van der Waals surface area contributed by atoms with E-state index in [0.717, 1.165) is 30.2 Å². The van der Waals surface area contributed by atoms with Crippen molar-refractivity contribution in [3.05, 3.63) is 59.7 Å². The van der Waals surface area contributed by atoms with E-state index >= 15 is 0 Å². The second-order valence-corrected chi connectivity index (χ2v) is 4.47. The van der Waals surface area contributed by atoms with Gasteiger partial charge in [-0.3, -0.25) is 0 Å². The molecule has 0 saturated carbocycles. The number of hydrogen-bond acceptors (Lipinski definition) is 3. The number of methoxy groups -OCH3 is 1. The first-order chi connectivity index (χ1) is 9.85. The monoisotopic (exact) mass is 306 g/mol. The Morgan fingerprint density at radius 3 is 2.38 bits per heavy atom. The zero-order valence-corrected chi connectivity index (χ0v) is 13.2. The van der Waals surface area contributed by atoms with E-state index in [1.807, 2.05) is 37.3 Å². The van der Waals surface area contributed by atoms with Crippen LogP contribution >= 0.6 is 0 Å². The van der Waals surface area contributed by atoms with Gasteiger partial charge in [0, 0.05) is 18.7 Å². The SMILES string of the molecule is CCOc1c(CNCc2ccccc2)cccc1OC.[Cl-]. The van der Waals surface area contributed by atoms with Crippen LogP contribution in [0.15, 0.2) is 48.5 Å². The molecule has 0 atom stereocenters. The molecule has 0 aromatic heterocycles. The molecule has 0 fully saturated rings. The molecular weight excluding hydrogens is 286 g/mol. The highest BCUT2D eigenvalue weighted by Gasteiger charge is 2.09. The zero-order valence-electron chi connectivity index (χ0n) is 12.4. The molecule has 3 nitrogen and oxygen atoms in total. The normalized spacial score (nSPS) is 9.81. The van der Waals surface area contributed by atoms with Crippen molar-refractivity contribution in [3.63, 3.8) is 0 Å². The molecule has 0 spiro atoms. The Labute approximate surface area is 132 Å². The van der Waals surface area contributed by atoms with Crippen molar-refractivity contribution in [2.24, 2.45) is 0 Å². The standard InChI is InChI=1S/C17H21NO2.ClH/c1-3-20-17-15(10-7-11-16(17)19-2)13-18-12-14-8-5-4-6-9-14;/h4-11,18H,3,12-13H2,1-2H3;1H/p-1. The highest BCUT2D eigenvalue weighted by Crippen LogP contribution is 2.30. The van der Waals surface area contributed by atoms with Gasteiger partial charge in [0.2, 0.25) is 0 Å². The van der Waals surface area contributed by atoms with Crippen molar-refractivity contribution in [1.29, 1.82) is 0 Å². The molecule has 0 aliphatic carbocycles. The van der Waals surface area contributed by atoms with Crippen LogP contribution in [0.2, 0.25) is 0 Å². The number of para-hydroxylation sites is 1. The maximum absolute atomic E-state index is 5.70. The average Bonchev–Trinajstić information content (AvgIpc) is 2.50. The third-order valence-corrected chi connectivity index (χ3v) is 3.06. The largest absolute Gasteiger partial charge is 1.00 e. The van der Waals surface area contributed by atoms with Gasteiger partial charge >= 0.3 is 0 Å². The van der Waals surface area contributed by atoms with E-state index < -0.39 is 0 Å². The van der Waals surface area contributed by atoms with Crippen molar-refractivity contribution in [3.8, 4) is 11.5 Å². The predicted octanol–water partition coefficient (Wildman–Crippen LogP) is 0.388. The van der Waals surface area contributed by atoms with Crippen LogP contribution in [0.5, 0.6) is 11.5 Å². The van der Waals surface area contributed by atoms with Gasteiger partial charge in [-0.2, -0.15) is 0 Å². The summed E-state index contributed by atoms with van der Waals surface area (Å²) in [6.07, 6.45) is 0. The Balaban J connectivity index is 0.00000220. The fraction of sp³-hybridized carbons (Fsp3) is 0.294. The molecule has 0 bridgehead atoms. The van der Waals surface area contributed by atoms with E-state index in [2.05, 4.69) is 23.5 Å². The summed E-state index contributed by atoms with van der Waals surface area (Å²) in [6.45, 7) is 4.20. The molecule has 0 aliphatic heterocycles.